The molecule has 0 radical (unpaired) electrons. The normalized spacial score (nSPS) is 11.6. The molecule has 1 aromatic carbocycles. The van der Waals surface area contributed by atoms with Gasteiger partial charge in [-0.2, -0.15) is 18.3 Å². The predicted octanol–water partition coefficient (Wildman–Crippen LogP) is 3.18. The lowest BCUT2D eigenvalue weighted by Gasteiger charge is -2.12. The van der Waals surface area contributed by atoms with Gasteiger partial charge in [-0.05, 0) is 24.3 Å². The lowest BCUT2D eigenvalue weighted by atomic mass is 10.2. The van der Waals surface area contributed by atoms with Crippen molar-refractivity contribution < 1.29 is 13.2 Å². The Morgan fingerprint density at radius 1 is 1.26 bits per heavy atom. The zero-order valence-corrected chi connectivity index (χ0v) is 10.9. The Morgan fingerprint density at radius 2 is 1.84 bits per heavy atom. The number of halogens is 4. The first-order valence-electron chi connectivity index (χ1n) is 5.01. The molecule has 3 nitrogen and oxygen atoms in total. The number of nitrogens with two attached hydrogens (primary N) is 1. The summed E-state index contributed by atoms with van der Waals surface area (Å²) in [4.78, 5) is -0.354. The Morgan fingerprint density at radius 3 is 2.32 bits per heavy atom. The number of aromatic nitrogens is 2. The van der Waals surface area contributed by atoms with Gasteiger partial charge in [-0.3, -0.25) is 0 Å². The molecule has 2 rings (SSSR count). The zero-order valence-electron chi connectivity index (χ0n) is 9.28. The van der Waals surface area contributed by atoms with Crippen LogP contribution in [0.4, 0.5) is 13.2 Å². The quantitative estimate of drug-likeness (QED) is 0.867. The molecule has 0 aliphatic heterocycles. The maximum Gasteiger partial charge on any atom is 0.434 e. The van der Waals surface area contributed by atoms with Crippen LogP contribution in [-0.2, 0) is 6.18 Å². The molecule has 1 aromatic heterocycles. The van der Waals surface area contributed by atoms with Crippen molar-refractivity contribution in [2.75, 3.05) is 0 Å². The van der Waals surface area contributed by atoms with E-state index in [9.17, 15) is 13.2 Å². The van der Waals surface area contributed by atoms with Crippen LogP contribution in [0.1, 0.15) is 11.3 Å². The highest BCUT2D eigenvalue weighted by molar-refractivity contribution is 7.80. The van der Waals surface area contributed by atoms with Crippen LogP contribution in [0, 0.1) is 0 Å². The van der Waals surface area contributed by atoms with Gasteiger partial charge in [-0.1, -0.05) is 23.8 Å². The summed E-state index contributed by atoms with van der Waals surface area (Å²) in [5.41, 5.74) is 4.20. The highest BCUT2D eigenvalue weighted by Crippen LogP contribution is 2.33. The lowest BCUT2D eigenvalue weighted by Crippen LogP contribution is -2.20. The van der Waals surface area contributed by atoms with E-state index in [4.69, 9.17) is 17.3 Å². The standard InChI is InChI=1S/C11H7ClF3N3S/c12-6-1-3-7(4-2-6)18-9(11(13,14)15)8(5-17-18)10(16)19/h1-5H,(H2,16,19). The van der Waals surface area contributed by atoms with E-state index in [0.717, 1.165) is 10.9 Å². The maximum absolute atomic E-state index is 13.1. The second-order valence-electron chi connectivity index (χ2n) is 3.66. The van der Waals surface area contributed by atoms with Gasteiger partial charge in [0.15, 0.2) is 5.69 Å². The van der Waals surface area contributed by atoms with Gasteiger partial charge >= 0.3 is 6.18 Å². The second kappa shape index (κ2) is 4.82. The van der Waals surface area contributed by atoms with Crippen LogP contribution in [0.2, 0.25) is 5.02 Å². The molecule has 0 amide bonds. The summed E-state index contributed by atoms with van der Waals surface area (Å²) in [6, 6.07) is 5.79. The van der Waals surface area contributed by atoms with E-state index in [-0.39, 0.29) is 16.2 Å². The summed E-state index contributed by atoms with van der Waals surface area (Å²) in [7, 11) is 0. The molecular formula is C11H7ClF3N3S. The van der Waals surface area contributed by atoms with Gasteiger partial charge in [0.05, 0.1) is 17.4 Å². The third-order valence-corrected chi connectivity index (χ3v) is 2.85. The van der Waals surface area contributed by atoms with Crippen LogP contribution in [0.3, 0.4) is 0 Å². The summed E-state index contributed by atoms with van der Waals surface area (Å²) >= 11 is 10.3. The van der Waals surface area contributed by atoms with Gasteiger partial charge in [0, 0.05) is 5.02 Å². The Hall–Kier alpha value is -1.60. The number of hydrogen-bond acceptors (Lipinski definition) is 2. The maximum atomic E-state index is 13.1. The highest BCUT2D eigenvalue weighted by atomic mass is 35.5. The van der Waals surface area contributed by atoms with Crippen LogP contribution in [-0.4, -0.2) is 14.8 Å². The predicted molar refractivity (Wildman–Crippen MR) is 69.5 cm³/mol. The lowest BCUT2D eigenvalue weighted by molar-refractivity contribution is -0.142. The molecule has 0 saturated carbocycles. The molecule has 0 aliphatic rings. The Kier molecular flexibility index (Phi) is 3.51. The summed E-state index contributed by atoms with van der Waals surface area (Å²) in [6.45, 7) is 0. The fourth-order valence-electron chi connectivity index (χ4n) is 1.58. The van der Waals surface area contributed by atoms with Crippen LogP contribution >= 0.6 is 23.8 Å². The van der Waals surface area contributed by atoms with Crippen molar-refractivity contribution in [1.29, 1.82) is 0 Å². The molecule has 2 aromatic rings. The van der Waals surface area contributed by atoms with Crippen molar-refractivity contribution in [2.45, 2.75) is 6.18 Å². The monoisotopic (exact) mass is 305 g/mol. The Labute approximate surface area is 116 Å². The minimum absolute atomic E-state index is 0.222. The van der Waals surface area contributed by atoms with Crippen molar-refractivity contribution in [3.63, 3.8) is 0 Å². The van der Waals surface area contributed by atoms with Crippen molar-refractivity contribution in [2.24, 2.45) is 5.73 Å². The van der Waals surface area contributed by atoms with E-state index in [1.54, 1.807) is 0 Å². The molecule has 2 N–H and O–H groups in total. The summed E-state index contributed by atoms with van der Waals surface area (Å²) in [5, 5.41) is 4.11. The number of alkyl halides is 3. The average Bonchev–Trinajstić information content (AvgIpc) is 2.74. The van der Waals surface area contributed by atoms with Crippen LogP contribution in [0.25, 0.3) is 5.69 Å². The number of rotatable bonds is 2. The minimum Gasteiger partial charge on any atom is -0.389 e. The first-order valence-corrected chi connectivity index (χ1v) is 5.80. The molecule has 0 bridgehead atoms. The van der Waals surface area contributed by atoms with E-state index in [0.29, 0.717) is 5.02 Å². The SMILES string of the molecule is NC(=S)c1cnn(-c2ccc(Cl)cc2)c1C(F)(F)F. The van der Waals surface area contributed by atoms with Crippen molar-refractivity contribution in [1.82, 2.24) is 9.78 Å². The molecule has 0 saturated heterocycles. The molecule has 8 heteroatoms. The third-order valence-electron chi connectivity index (χ3n) is 2.37. The number of benzene rings is 1. The summed E-state index contributed by atoms with van der Waals surface area (Å²) in [6.07, 6.45) is -3.62. The first-order chi connectivity index (χ1) is 8.80. The third kappa shape index (κ3) is 2.71. The fourth-order valence-corrected chi connectivity index (χ4v) is 1.85. The van der Waals surface area contributed by atoms with Gasteiger partial charge in [-0.25, -0.2) is 4.68 Å². The first kappa shape index (κ1) is 13.8. The van der Waals surface area contributed by atoms with Gasteiger partial charge in [0.2, 0.25) is 0 Å². The number of nitrogens with zero attached hydrogens (tertiary/aromatic N) is 2. The van der Waals surface area contributed by atoms with Gasteiger partial charge < -0.3 is 5.73 Å². The molecule has 0 fully saturated rings. The number of hydrogen-bond donors (Lipinski definition) is 1. The minimum atomic E-state index is -4.62. The fraction of sp³-hybridized carbons (Fsp3) is 0.0909. The highest BCUT2D eigenvalue weighted by Gasteiger charge is 2.39. The number of thiocarbonyl (C=S) groups is 1. The van der Waals surface area contributed by atoms with Gasteiger partial charge in [0.1, 0.15) is 4.99 Å². The van der Waals surface area contributed by atoms with Crippen molar-refractivity contribution in [3.05, 3.63) is 46.7 Å². The molecular weight excluding hydrogens is 299 g/mol. The topological polar surface area (TPSA) is 43.8 Å². The van der Waals surface area contributed by atoms with E-state index >= 15 is 0 Å². The molecule has 0 aliphatic carbocycles. The molecule has 19 heavy (non-hydrogen) atoms. The van der Waals surface area contributed by atoms with E-state index in [1.165, 1.54) is 24.3 Å². The average molecular weight is 306 g/mol. The van der Waals surface area contributed by atoms with Crippen LogP contribution in [0.5, 0.6) is 0 Å². The van der Waals surface area contributed by atoms with Crippen molar-refractivity contribution >= 4 is 28.8 Å². The van der Waals surface area contributed by atoms with E-state index < -0.39 is 11.9 Å². The molecule has 1 heterocycles. The van der Waals surface area contributed by atoms with Crippen LogP contribution in [0.15, 0.2) is 30.5 Å². The summed E-state index contributed by atoms with van der Waals surface area (Å²) < 4.78 is 39.9. The van der Waals surface area contributed by atoms with Crippen LogP contribution < -0.4 is 5.73 Å². The smallest absolute Gasteiger partial charge is 0.389 e. The van der Waals surface area contributed by atoms with E-state index in [2.05, 4.69) is 17.3 Å². The Bertz CT molecular complexity index is 619. The van der Waals surface area contributed by atoms with E-state index in [1.807, 2.05) is 0 Å². The Balaban J connectivity index is 2.64. The van der Waals surface area contributed by atoms with Gasteiger partial charge in [-0.15, -0.1) is 0 Å². The second-order valence-corrected chi connectivity index (χ2v) is 4.53. The molecule has 0 atom stereocenters. The summed E-state index contributed by atoms with van der Waals surface area (Å²) in [5.74, 6) is 0. The molecule has 0 spiro atoms. The van der Waals surface area contributed by atoms with Gasteiger partial charge in [0.25, 0.3) is 0 Å². The largest absolute Gasteiger partial charge is 0.434 e. The zero-order chi connectivity index (χ0) is 14.2. The molecule has 0 unspecified atom stereocenters. The molecule has 100 valence electrons. The van der Waals surface area contributed by atoms with Crippen molar-refractivity contribution in [3.8, 4) is 5.69 Å².